The van der Waals surface area contributed by atoms with Crippen LogP contribution < -0.4 is 29.1 Å². The summed E-state index contributed by atoms with van der Waals surface area (Å²) in [4.78, 5) is 31.9. The fourth-order valence-corrected chi connectivity index (χ4v) is 5.17. The minimum absolute atomic E-state index is 0.204. The molecule has 1 aliphatic heterocycles. The second kappa shape index (κ2) is 10.8. The van der Waals surface area contributed by atoms with Crippen LogP contribution in [-0.4, -0.2) is 38.0 Å². The van der Waals surface area contributed by atoms with E-state index in [0.717, 1.165) is 5.56 Å². The Kier molecular flexibility index (Phi) is 7.59. The molecule has 1 aromatic heterocycles. The van der Waals surface area contributed by atoms with Crippen molar-refractivity contribution in [3.05, 3.63) is 84.5 Å². The standard InChI is InChI=1S/C27H28N2O6S/c1-6-34-21-15-18(11-12-20(21)33-5)24-23(26(31)35-7-2)16(3)28-27-29(24)25(30)22(36-27)14-17-9-8-10-19(13-17)32-4/h8-15,24H,6-7H2,1-5H3/b22-14-. The van der Waals surface area contributed by atoms with E-state index >= 15 is 0 Å². The van der Waals surface area contributed by atoms with Crippen LogP contribution in [0.4, 0.5) is 0 Å². The van der Waals surface area contributed by atoms with Gasteiger partial charge in [-0.05, 0) is 62.2 Å². The van der Waals surface area contributed by atoms with Crippen molar-refractivity contribution in [2.75, 3.05) is 27.4 Å². The topological polar surface area (TPSA) is 88.4 Å². The molecule has 36 heavy (non-hydrogen) atoms. The number of carbonyl (C=O) groups excluding carboxylic acids is 1. The lowest BCUT2D eigenvalue weighted by molar-refractivity contribution is -0.139. The Morgan fingerprint density at radius 1 is 1.08 bits per heavy atom. The zero-order valence-electron chi connectivity index (χ0n) is 20.9. The van der Waals surface area contributed by atoms with Crippen molar-refractivity contribution in [3.63, 3.8) is 0 Å². The fourth-order valence-electron chi connectivity index (χ4n) is 4.12. The van der Waals surface area contributed by atoms with E-state index in [2.05, 4.69) is 4.99 Å². The number of carbonyl (C=O) groups is 1. The van der Waals surface area contributed by atoms with Crippen LogP contribution in [0.5, 0.6) is 17.2 Å². The van der Waals surface area contributed by atoms with Crippen molar-refractivity contribution in [1.82, 2.24) is 4.57 Å². The minimum atomic E-state index is -0.738. The van der Waals surface area contributed by atoms with E-state index in [-0.39, 0.29) is 12.2 Å². The van der Waals surface area contributed by atoms with E-state index in [0.29, 0.717) is 50.0 Å². The van der Waals surface area contributed by atoms with E-state index in [1.807, 2.05) is 37.3 Å². The molecule has 2 heterocycles. The van der Waals surface area contributed by atoms with Gasteiger partial charge in [0, 0.05) is 0 Å². The molecule has 0 aliphatic carbocycles. The number of nitrogens with zero attached hydrogens (tertiary/aromatic N) is 2. The average molecular weight is 509 g/mol. The first-order chi connectivity index (χ1) is 17.4. The SMILES string of the molecule is CCOC(=O)C1=C(C)N=c2s/c(=C\c3cccc(OC)c3)c(=O)n2C1c1ccc(OC)c(OCC)c1. The quantitative estimate of drug-likeness (QED) is 0.434. The molecule has 9 heteroatoms. The summed E-state index contributed by atoms with van der Waals surface area (Å²) >= 11 is 1.27. The first kappa shape index (κ1) is 25.2. The van der Waals surface area contributed by atoms with Crippen LogP contribution in [0.15, 0.2) is 63.5 Å². The second-order valence-corrected chi connectivity index (χ2v) is 8.93. The highest BCUT2D eigenvalue weighted by atomic mass is 32.1. The summed E-state index contributed by atoms with van der Waals surface area (Å²) in [7, 11) is 3.16. The molecule has 2 aromatic carbocycles. The van der Waals surface area contributed by atoms with Crippen LogP contribution in [-0.2, 0) is 9.53 Å². The Morgan fingerprint density at radius 3 is 2.58 bits per heavy atom. The number of hydrogen-bond acceptors (Lipinski definition) is 8. The number of hydrogen-bond donors (Lipinski definition) is 0. The number of benzene rings is 2. The number of ether oxygens (including phenoxy) is 4. The first-order valence-corrected chi connectivity index (χ1v) is 12.4. The molecule has 4 rings (SSSR count). The van der Waals surface area contributed by atoms with Gasteiger partial charge in [0.05, 0.1) is 49.3 Å². The Morgan fingerprint density at radius 2 is 1.89 bits per heavy atom. The second-order valence-electron chi connectivity index (χ2n) is 7.92. The summed E-state index contributed by atoms with van der Waals surface area (Å²) in [6, 6.07) is 12.1. The van der Waals surface area contributed by atoms with Crippen molar-refractivity contribution in [2.24, 2.45) is 4.99 Å². The van der Waals surface area contributed by atoms with Gasteiger partial charge in [0.15, 0.2) is 16.3 Å². The highest BCUT2D eigenvalue weighted by Crippen LogP contribution is 2.36. The first-order valence-electron chi connectivity index (χ1n) is 11.6. The van der Waals surface area contributed by atoms with Crippen LogP contribution in [0.2, 0.25) is 0 Å². The average Bonchev–Trinajstić information content (AvgIpc) is 3.17. The summed E-state index contributed by atoms with van der Waals surface area (Å²) in [5.74, 6) is 1.26. The maximum Gasteiger partial charge on any atom is 0.338 e. The summed E-state index contributed by atoms with van der Waals surface area (Å²) in [5.41, 5.74) is 2.06. The van der Waals surface area contributed by atoms with E-state index in [9.17, 15) is 9.59 Å². The van der Waals surface area contributed by atoms with Crippen molar-refractivity contribution in [1.29, 1.82) is 0 Å². The lowest BCUT2D eigenvalue weighted by Crippen LogP contribution is -2.40. The predicted molar refractivity (Wildman–Crippen MR) is 138 cm³/mol. The van der Waals surface area contributed by atoms with Gasteiger partial charge in [-0.2, -0.15) is 0 Å². The van der Waals surface area contributed by atoms with Crippen molar-refractivity contribution < 1.29 is 23.7 Å². The van der Waals surface area contributed by atoms with Crippen LogP contribution in [0, 0.1) is 0 Å². The van der Waals surface area contributed by atoms with Gasteiger partial charge in [-0.1, -0.05) is 29.5 Å². The third-order valence-electron chi connectivity index (χ3n) is 5.71. The molecule has 0 spiro atoms. The number of aromatic nitrogens is 1. The largest absolute Gasteiger partial charge is 0.497 e. The number of thiazole rings is 1. The molecule has 8 nitrogen and oxygen atoms in total. The zero-order valence-corrected chi connectivity index (χ0v) is 21.7. The maximum absolute atomic E-state index is 13.7. The van der Waals surface area contributed by atoms with Gasteiger partial charge in [0.2, 0.25) is 0 Å². The summed E-state index contributed by atoms with van der Waals surface area (Å²) < 4.78 is 23.9. The summed E-state index contributed by atoms with van der Waals surface area (Å²) in [6.45, 7) is 6.01. The number of allylic oxidation sites excluding steroid dienone is 1. The summed E-state index contributed by atoms with van der Waals surface area (Å²) in [5, 5.41) is 0. The third kappa shape index (κ3) is 4.79. The molecule has 188 valence electrons. The van der Waals surface area contributed by atoms with Gasteiger partial charge < -0.3 is 18.9 Å². The van der Waals surface area contributed by atoms with E-state index in [1.54, 1.807) is 50.8 Å². The molecule has 0 saturated carbocycles. The van der Waals surface area contributed by atoms with E-state index in [1.165, 1.54) is 11.3 Å². The molecule has 0 amide bonds. The molecule has 0 fully saturated rings. The fraction of sp³-hybridized carbons (Fsp3) is 0.296. The molecule has 0 radical (unpaired) electrons. The molecule has 0 saturated heterocycles. The molecule has 1 unspecified atom stereocenters. The molecular formula is C27H28N2O6S. The van der Waals surface area contributed by atoms with Crippen LogP contribution in [0.25, 0.3) is 6.08 Å². The number of esters is 1. The van der Waals surface area contributed by atoms with E-state index < -0.39 is 12.0 Å². The van der Waals surface area contributed by atoms with Gasteiger partial charge >= 0.3 is 5.97 Å². The number of methoxy groups -OCH3 is 2. The van der Waals surface area contributed by atoms with Gasteiger partial charge in [-0.3, -0.25) is 9.36 Å². The Hall–Kier alpha value is -3.85. The molecule has 1 atom stereocenters. The zero-order chi connectivity index (χ0) is 25.8. The van der Waals surface area contributed by atoms with Crippen LogP contribution in [0.1, 0.15) is 37.9 Å². The monoisotopic (exact) mass is 508 g/mol. The smallest absolute Gasteiger partial charge is 0.338 e. The van der Waals surface area contributed by atoms with E-state index in [4.69, 9.17) is 18.9 Å². The lowest BCUT2D eigenvalue weighted by atomic mass is 9.95. The molecular weight excluding hydrogens is 480 g/mol. The molecule has 0 N–H and O–H groups in total. The Labute approximate surface area is 212 Å². The highest BCUT2D eigenvalue weighted by Gasteiger charge is 2.34. The van der Waals surface area contributed by atoms with Crippen LogP contribution in [0.3, 0.4) is 0 Å². The van der Waals surface area contributed by atoms with Crippen molar-refractivity contribution >= 4 is 23.4 Å². The molecule has 0 bridgehead atoms. The van der Waals surface area contributed by atoms with Crippen LogP contribution >= 0.6 is 11.3 Å². The van der Waals surface area contributed by atoms with Gasteiger partial charge in [-0.25, -0.2) is 9.79 Å². The highest BCUT2D eigenvalue weighted by molar-refractivity contribution is 7.07. The van der Waals surface area contributed by atoms with Gasteiger partial charge in [0.1, 0.15) is 5.75 Å². The number of rotatable bonds is 8. The molecule has 1 aliphatic rings. The van der Waals surface area contributed by atoms with Gasteiger partial charge in [0.25, 0.3) is 5.56 Å². The predicted octanol–water partition coefficient (Wildman–Crippen LogP) is 3.21. The minimum Gasteiger partial charge on any atom is -0.497 e. The van der Waals surface area contributed by atoms with Crippen molar-refractivity contribution in [3.8, 4) is 17.2 Å². The lowest BCUT2D eigenvalue weighted by Gasteiger charge is -2.25. The Bertz CT molecular complexity index is 1500. The molecule has 3 aromatic rings. The van der Waals surface area contributed by atoms with Gasteiger partial charge in [-0.15, -0.1) is 0 Å². The van der Waals surface area contributed by atoms with Crippen molar-refractivity contribution in [2.45, 2.75) is 26.8 Å². The maximum atomic E-state index is 13.7. The Balaban J connectivity index is 1.95. The summed E-state index contributed by atoms with van der Waals surface area (Å²) in [6.07, 6.45) is 1.80. The normalized spacial score (nSPS) is 15.2. The third-order valence-corrected chi connectivity index (χ3v) is 6.69. The number of fused-ring (bicyclic) bond motifs is 1.